The number of rotatable bonds is 4. The molecule has 4 heterocycles. The van der Waals surface area contributed by atoms with Crippen molar-refractivity contribution in [3.8, 4) is 0 Å². The number of nitrogens with zero attached hydrogens (tertiary/aromatic N) is 5. The first-order chi connectivity index (χ1) is 13.9. The minimum atomic E-state index is -4.41. The van der Waals surface area contributed by atoms with Crippen LogP contribution in [-0.4, -0.2) is 49.2 Å². The van der Waals surface area contributed by atoms with Gasteiger partial charge in [0.05, 0.1) is 16.3 Å². The summed E-state index contributed by atoms with van der Waals surface area (Å²) >= 11 is 1.15. The average Bonchev–Trinajstić information content (AvgIpc) is 3.16. The number of aromatic nitrogens is 4. The predicted molar refractivity (Wildman–Crippen MR) is 102 cm³/mol. The van der Waals surface area contributed by atoms with E-state index in [0.717, 1.165) is 48.3 Å². The molecule has 6 nitrogen and oxygen atoms in total. The number of fused-ring (bicyclic) bond motifs is 1. The third-order valence-electron chi connectivity index (χ3n) is 4.96. The van der Waals surface area contributed by atoms with E-state index in [1.54, 1.807) is 4.90 Å². The molecule has 152 valence electrons. The quantitative estimate of drug-likeness (QED) is 0.602. The number of thioether (sulfide) groups is 1. The van der Waals surface area contributed by atoms with Crippen molar-refractivity contribution in [3.05, 3.63) is 54.1 Å². The molecule has 0 spiro atoms. The van der Waals surface area contributed by atoms with Gasteiger partial charge >= 0.3 is 6.18 Å². The Hall–Kier alpha value is -2.62. The Balaban J connectivity index is 1.30. The number of alkyl halides is 3. The minimum absolute atomic E-state index is 0.0405. The number of piperidine rings is 1. The van der Waals surface area contributed by atoms with Crippen LogP contribution in [-0.2, 0) is 11.0 Å². The summed E-state index contributed by atoms with van der Waals surface area (Å²) < 4.78 is 39.7. The smallest absolute Gasteiger partial charge is 0.342 e. The summed E-state index contributed by atoms with van der Waals surface area (Å²) in [5, 5.41) is 8.89. The predicted octanol–water partition coefficient (Wildman–Crippen LogP) is 3.64. The zero-order valence-electron chi connectivity index (χ0n) is 15.3. The maximum Gasteiger partial charge on any atom is 0.417 e. The normalized spacial score (nSPS) is 15.8. The lowest BCUT2D eigenvalue weighted by Gasteiger charge is -2.31. The first-order valence-corrected chi connectivity index (χ1v) is 10.1. The Morgan fingerprint density at radius 2 is 1.93 bits per heavy atom. The molecule has 29 heavy (non-hydrogen) atoms. The van der Waals surface area contributed by atoms with Gasteiger partial charge in [-0.3, -0.25) is 9.20 Å². The van der Waals surface area contributed by atoms with E-state index in [4.69, 9.17) is 0 Å². The number of hydrogen-bond donors (Lipinski definition) is 0. The fraction of sp³-hybridized carbons (Fsp3) is 0.368. The van der Waals surface area contributed by atoms with Gasteiger partial charge in [0.2, 0.25) is 5.91 Å². The number of pyridine rings is 2. The highest BCUT2D eigenvalue weighted by Gasteiger charge is 2.31. The van der Waals surface area contributed by atoms with Gasteiger partial charge in [0.15, 0.2) is 5.65 Å². The number of amides is 1. The van der Waals surface area contributed by atoms with Crippen LogP contribution in [0.15, 0.2) is 47.8 Å². The second-order valence-electron chi connectivity index (χ2n) is 6.81. The van der Waals surface area contributed by atoms with Crippen LogP contribution < -0.4 is 0 Å². The van der Waals surface area contributed by atoms with Crippen LogP contribution in [0.25, 0.3) is 5.65 Å². The van der Waals surface area contributed by atoms with Crippen molar-refractivity contribution < 1.29 is 18.0 Å². The van der Waals surface area contributed by atoms with Gasteiger partial charge in [-0.05, 0) is 37.1 Å². The van der Waals surface area contributed by atoms with Gasteiger partial charge < -0.3 is 4.90 Å². The third kappa shape index (κ3) is 4.36. The second-order valence-corrected chi connectivity index (χ2v) is 7.81. The molecule has 1 aliphatic heterocycles. The molecule has 0 atom stereocenters. The van der Waals surface area contributed by atoms with Crippen LogP contribution in [0.3, 0.4) is 0 Å². The van der Waals surface area contributed by atoms with Crippen LogP contribution in [0.2, 0.25) is 0 Å². The molecule has 3 aromatic heterocycles. The second kappa shape index (κ2) is 8.02. The van der Waals surface area contributed by atoms with Crippen LogP contribution in [0.4, 0.5) is 13.2 Å². The molecule has 0 radical (unpaired) electrons. The first-order valence-electron chi connectivity index (χ1n) is 9.15. The molecule has 0 aromatic carbocycles. The molecule has 1 saturated heterocycles. The monoisotopic (exact) mass is 421 g/mol. The molecular formula is C19H18F3N5OS. The lowest BCUT2D eigenvalue weighted by atomic mass is 9.96. The largest absolute Gasteiger partial charge is 0.417 e. The van der Waals surface area contributed by atoms with Crippen LogP contribution in [0.1, 0.15) is 30.1 Å². The molecule has 4 rings (SSSR count). The van der Waals surface area contributed by atoms with E-state index in [2.05, 4.69) is 15.2 Å². The van der Waals surface area contributed by atoms with Crippen molar-refractivity contribution in [2.75, 3.05) is 18.8 Å². The summed E-state index contributed by atoms with van der Waals surface area (Å²) in [5.41, 5.74) is 0.0118. The van der Waals surface area contributed by atoms with Crippen molar-refractivity contribution in [2.45, 2.75) is 30.0 Å². The standard InChI is InChI=1S/C19H18F3N5OS/c20-19(21,22)14-4-5-16(23-11-14)29-12-17(28)26-9-6-13(7-10-26)18-25-24-15-3-1-2-8-27(15)18/h1-5,8,11,13H,6-7,9-10,12H2. The van der Waals surface area contributed by atoms with Crippen LogP contribution in [0, 0.1) is 0 Å². The van der Waals surface area contributed by atoms with Crippen LogP contribution >= 0.6 is 11.8 Å². The number of carbonyl (C=O) groups is 1. The lowest BCUT2D eigenvalue weighted by Crippen LogP contribution is -2.39. The molecule has 1 amide bonds. The fourth-order valence-electron chi connectivity index (χ4n) is 3.39. The van der Waals surface area contributed by atoms with E-state index in [-0.39, 0.29) is 17.6 Å². The van der Waals surface area contributed by atoms with Gasteiger partial charge in [0.25, 0.3) is 0 Å². The topological polar surface area (TPSA) is 63.4 Å². The highest BCUT2D eigenvalue weighted by Crippen LogP contribution is 2.30. The van der Waals surface area contributed by atoms with Gasteiger partial charge in [-0.15, -0.1) is 10.2 Å². The minimum Gasteiger partial charge on any atom is -0.342 e. The lowest BCUT2D eigenvalue weighted by molar-refractivity contribution is -0.138. The van der Waals surface area contributed by atoms with Crippen molar-refractivity contribution in [1.82, 2.24) is 24.5 Å². The number of likely N-dealkylation sites (tertiary alicyclic amines) is 1. The van der Waals surface area contributed by atoms with Crippen molar-refractivity contribution in [3.63, 3.8) is 0 Å². The SMILES string of the molecule is O=C(CSc1ccc(C(F)(F)F)cn1)N1CCC(c2nnc3ccccn23)CC1. The van der Waals surface area contributed by atoms with Crippen molar-refractivity contribution in [2.24, 2.45) is 0 Å². The number of halogens is 3. The summed E-state index contributed by atoms with van der Waals surface area (Å²) in [7, 11) is 0. The average molecular weight is 421 g/mol. The van der Waals surface area contributed by atoms with E-state index < -0.39 is 11.7 Å². The summed E-state index contributed by atoms with van der Waals surface area (Å²) in [5.74, 6) is 1.26. The van der Waals surface area contributed by atoms with E-state index in [1.807, 2.05) is 28.8 Å². The molecule has 0 N–H and O–H groups in total. The van der Waals surface area contributed by atoms with E-state index in [0.29, 0.717) is 18.1 Å². The van der Waals surface area contributed by atoms with Crippen LogP contribution in [0.5, 0.6) is 0 Å². The summed E-state index contributed by atoms with van der Waals surface area (Å²) in [4.78, 5) is 18.0. The van der Waals surface area contributed by atoms with Crippen molar-refractivity contribution in [1.29, 1.82) is 0 Å². The van der Waals surface area contributed by atoms with Gasteiger partial charge in [-0.2, -0.15) is 13.2 Å². The highest BCUT2D eigenvalue weighted by molar-refractivity contribution is 7.99. The first kappa shape index (κ1) is 19.7. The molecule has 0 aliphatic carbocycles. The number of carbonyl (C=O) groups excluding carboxylic acids is 1. The van der Waals surface area contributed by atoms with Crippen molar-refractivity contribution >= 4 is 23.3 Å². The molecular weight excluding hydrogens is 403 g/mol. The Morgan fingerprint density at radius 1 is 1.14 bits per heavy atom. The molecule has 1 aliphatic rings. The van der Waals surface area contributed by atoms with E-state index >= 15 is 0 Å². The Labute approximate surface area is 169 Å². The summed E-state index contributed by atoms with van der Waals surface area (Å²) in [6.07, 6.45) is -0.0849. The Kier molecular flexibility index (Phi) is 5.44. The van der Waals surface area contributed by atoms with Gasteiger partial charge in [0, 0.05) is 31.4 Å². The van der Waals surface area contributed by atoms with E-state index in [9.17, 15) is 18.0 Å². The molecule has 1 fully saturated rings. The Morgan fingerprint density at radius 3 is 2.62 bits per heavy atom. The third-order valence-corrected chi connectivity index (χ3v) is 5.89. The fourth-order valence-corrected chi connectivity index (χ4v) is 4.13. The number of hydrogen-bond acceptors (Lipinski definition) is 5. The molecule has 0 bridgehead atoms. The zero-order valence-corrected chi connectivity index (χ0v) is 16.2. The maximum atomic E-state index is 12.6. The summed E-state index contributed by atoms with van der Waals surface area (Å²) in [6, 6.07) is 8.03. The maximum absolute atomic E-state index is 12.6. The van der Waals surface area contributed by atoms with Gasteiger partial charge in [-0.1, -0.05) is 17.8 Å². The Bertz CT molecular complexity index is 997. The van der Waals surface area contributed by atoms with Gasteiger partial charge in [0.1, 0.15) is 5.82 Å². The molecule has 10 heteroatoms. The van der Waals surface area contributed by atoms with E-state index in [1.165, 1.54) is 6.07 Å². The zero-order chi connectivity index (χ0) is 20.4. The molecule has 0 unspecified atom stereocenters. The highest BCUT2D eigenvalue weighted by atomic mass is 32.2. The summed E-state index contributed by atoms with van der Waals surface area (Å²) in [6.45, 7) is 1.23. The molecule has 0 saturated carbocycles. The van der Waals surface area contributed by atoms with Gasteiger partial charge in [-0.25, -0.2) is 4.98 Å². The molecule has 3 aromatic rings.